The molecule has 0 spiro atoms. The van der Waals surface area contributed by atoms with Crippen LogP contribution < -0.4 is 0 Å². The van der Waals surface area contributed by atoms with E-state index in [0.717, 1.165) is 0 Å². The molecule has 0 nitrogen and oxygen atoms in total. The Kier molecular flexibility index (Phi) is 3.11. The lowest BCUT2D eigenvalue weighted by Gasteiger charge is -1.63. The van der Waals surface area contributed by atoms with E-state index >= 15 is 0 Å². The van der Waals surface area contributed by atoms with Crippen LogP contribution in [0.4, 0.5) is 0 Å². The summed E-state index contributed by atoms with van der Waals surface area (Å²) in [6.07, 6.45) is 1.32. The van der Waals surface area contributed by atoms with E-state index in [1.54, 1.807) is 0 Å². The van der Waals surface area contributed by atoms with Gasteiger partial charge in [0.05, 0.1) is 0 Å². The second-order valence-corrected chi connectivity index (χ2v) is 1.000. The Hall–Kier alpha value is 0.0649. The van der Waals surface area contributed by atoms with Gasteiger partial charge in [-0.05, 0) is 0 Å². The van der Waals surface area contributed by atoms with Crippen molar-refractivity contribution in [2.75, 3.05) is 0 Å². The zero-order valence-corrected chi connectivity index (χ0v) is 3.41. The molecule has 0 aromatic heterocycles. The van der Waals surface area contributed by atoms with Gasteiger partial charge in [-0.2, -0.15) is 0 Å². The van der Waals surface area contributed by atoms with E-state index in [0.29, 0.717) is 0 Å². The molecule has 0 N–H and O–H groups in total. The van der Waals surface area contributed by atoms with Crippen LogP contribution in [0.2, 0.25) is 13.1 Å². The van der Waals surface area contributed by atoms with E-state index in [1.807, 2.05) is 0 Å². The summed E-state index contributed by atoms with van der Waals surface area (Å²) in [7, 11) is 1.32. The van der Waals surface area contributed by atoms with Crippen molar-refractivity contribution in [2.24, 2.45) is 0 Å². The topological polar surface area (TPSA) is 0 Å². The van der Waals surface area contributed by atoms with Crippen LogP contribution in [0, 0.1) is 0 Å². The lowest BCUT2D eigenvalue weighted by atomic mass is 9.79. The van der Waals surface area contributed by atoms with Crippen LogP contribution in [-0.4, -0.2) is 7.28 Å². The molecule has 0 aromatic carbocycles. The maximum absolute atomic E-state index is 2.18. The second kappa shape index (κ2) is 3.06. The normalized spacial score (nSPS) is 6.50. The van der Waals surface area contributed by atoms with Crippen LogP contribution in [0.1, 0.15) is 6.92 Å². The summed E-state index contributed by atoms with van der Waals surface area (Å²) in [6, 6.07) is 0. The van der Waals surface area contributed by atoms with E-state index < -0.39 is 0 Å². The third kappa shape index (κ3) is 2.06. The summed E-state index contributed by atoms with van der Waals surface area (Å²) >= 11 is 0. The Morgan fingerprint density at radius 3 is 2.00 bits per heavy atom. The highest BCUT2D eigenvalue weighted by Crippen LogP contribution is 1.64. The van der Waals surface area contributed by atoms with Crippen LogP contribution in [-0.2, 0) is 0 Å². The molecule has 0 radical (unpaired) electrons. The Morgan fingerprint density at radius 2 is 2.00 bits per heavy atom. The first-order valence-corrected chi connectivity index (χ1v) is 1.91. The summed E-state index contributed by atoms with van der Waals surface area (Å²) in [6.45, 7) is 4.36. The van der Waals surface area contributed by atoms with Crippen molar-refractivity contribution in [2.45, 2.75) is 20.1 Å². The van der Waals surface area contributed by atoms with Crippen LogP contribution in [0.5, 0.6) is 0 Å². The largest absolute Gasteiger partial charge is 0.117 e. The van der Waals surface area contributed by atoms with E-state index in [4.69, 9.17) is 0 Å². The molecule has 24 valence electrons. The summed E-state index contributed by atoms with van der Waals surface area (Å²) in [5, 5.41) is 0. The number of hydrogen-bond acceptors (Lipinski definition) is 0. The van der Waals surface area contributed by atoms with Crippen molar-refractivity contribution in [1.29, 1.82) is 0 Å². The first-order valence-electron chi connectivity index (χ1n) is 1.91. The molecule has 0 atom stereocenters. The molecule has 0 aliphatic rings. The lowest BCUT2D eigenvalue weighted by Crippen LogP contribution is -1.67. The average Bonchev–Trinajstić information content (AvgIpc) is 1.37. The molecule has 0 aromatic rings. The van der Waals surface area contributed by atoms with Gasteiger partial charge in [-0.15, -0.1) is 0 Å². The van der Waals surface area contributed by atoms with Crippen molar-refractivity contribution in [1.82, 2.24) is 0 Å². The SMILES string of the molecule is CBCC. The zero-order valence-electron chi connectivity index (χ0n) is 3.41. The summed E-state index contributed by atoms with van der Waals surface area (Å²) in [5.74, 6) is 0. The standard InChI is InChI=1S/C3H9B/c1-3-4-2/h4H,3H2,1-2H3. The molecule has 0 unspecified atom stereocenters. The minimum absolute atomic E-state index is 1.32. The highest BCUT2D eigenvalue weighted by atomic mass is 13.3. The molecule has 0 bridgehead atoms. The smallest absolute Gasteiger partial charge is 0.0893 e. The van der Waals surface area contributed by atoms with Crippen LogP contribution >= 0.6 is 0 Å². The predicted octanol–water partition coefficient (Wildman–Crippen LogP) is 0.909. The van der Waals surface area contributed by atoms with Gasteiger partial charge in [-0.3, -0.25) is 0 Å². The third-order valence-electron chi connectivity index (χ3n) is 0.500. The fraction of sp³-hybridized carbons (Fsp3) is 1.00. The van der Waals surface area contributed by atoms with Gasteiger partial charge in [0, 0.05) is 0 Å². The molecule has 0 aliphatic carbocycles. The highest BCUT2D eigenvalue weighted by molar-refractivity contribution is 6.33. The lowest BCUT2D eigenvalue weighted by molar-refractivity contribution is 1.45. The molecule has 0 rings (SSSR count). The minimum atomic E-state index is 1.32. The Labute approximate surface area is 28.5 Å². The van der Waals surface area contributed by atoms with Gasteiger partial charge in [0.25, 0.3) is 0 Å². The summed E-state index contributed by atoms with van der Waals surface area (Å²) in [4.78, 5) is 0. The monoisotopic (exact) mass is 56.1 g/mol. The van der Waals surface area contributed by atoms with E-state index in [9.17, 15) is 0 Å². The number of hydrogen-bond donors (Lipinski definition) is 0. The van der Waals surface area contributed by atoms with Crippen LogP contribution in [0.15, 0.2) is 0 Å². The summed E-state index contributed by atoms with van der Waals surface area (Å²) in [5.41, 5.74) is 0. The van der Waals surface area contributed by atoms with E-state index in [1.165, 1.54) is 13.6 Å². The Morgan fingerprint density at radius 1 is 1.75 bits per heavy atom. The highest BCUT2D eigenvalue weighted by Gasteiger charge is 1.61. The molecule has 0 fully saturated rings. The first-order chi connectivity index (χ1) is 1.91. The molecule has 0 saturated carbocycles. The van der Waals surface area contributed by atoms with Crippen LogP contribution in [0.25, 0.3) is 0 Å². The van der Waals surface area contributed by atoms with Crippen molar-refractivity contribution >= 4 is 7.28 Å². The number of rotatable bonds is 1. The van der Waals surface area contributed by atoms with Gasteiger partial charge in [-0.25, -0.2) is 0 Å². The molecule has 0 amide bonds. The zero-order chi connectivity index (χ0) is 3.41. The second-order valence-electron chi connectivity index (χ2n) is 1.000. The first kappa shape index (κ1) is 4.06. The van der Waals surface area contributed by atoms with Gasteiger partial charge in [0.1, 0.15) is 7.28 Å². The molecule has 4 heavy (non-hydrogen) atoms. The average molecular weight is 55.9 g/mol. The van der Waals surface area contributed by atoms with Crippen molar-refractivity contribution in [3.63, 3.8) is 0 Å². The van der Waals surface area contributed by atoms with Gasteiger partial charge < -0.3 is 0 Å². The fourth-order valence-electron chi connectivity index (χ4n) is 0. The maximum Gasteiger partial charge on any atom is 0.117 e. The molecule has 1 heteroatoms. The molecular formula is C3H9B. The van der Waals surface area contributed by atoms with Crippen LogP contribution in [0.3, 0.4) is 0 Å². The fourth-order valence-corrected chi connectivity index (χ4v) is 0. The Bertz CT molecular complexity index is 5.25. The quantitative estimate of drug-likeness (QED) is 0.391. The van der Waals surface area contributed by atoms with Gasteiger partial charge in [0.15, 0.2) is 0 Å². The molecule has 0 saturated heterocycles. The molecule has 0 heterocycles. The van der Waals surface area contributed by atoms with Gasteiger partial charge >= 0.3 is 0 Å². The van der Waals surface area contributed by atoms with Crippen molar-refractivity contribution < 1.29 is 0 Å². The maximum atomic E-state index is 2.18. The van der Waals surface area contributed by atoms with E-state index in [2.05, 4.69) is 13.7 Å². The van der Waals surface area contributed by atoms with Crippen molar-refractivity contribution in [3.05, 3.63) is 0 Å². The van der Waals surface area contributed by atoms with E-state index in [-0.39, 0.29) is 0 Å². The van der Waals surface area contributed by atoms with Gasteiger partial charge in [-0.1, -0.05) is 20.1 Å². The third-order valence-corrected chi connectivity index (χ3v) is 0.500. The predicted molar refractivity (Wildman–Crippen MR) is 23.5 cm³/mol. The van der Waals surface area contributed by atoms with Crippen molar-refractivity contribution in [3.8, 4) is 0 Å². The Balaban J connectivity index is 1.97. The van der Waals surface area contributed by atoms with Gasteiger partial charge in [0.2, 0.25) is 0 Å². The minimum Gasteiger partial charge on any atom is -0.0893 e. The summed E-state index contributed by atoms with van der Waals surface area (Å²) < 4.78 is 0. The molecule has 0 aliphatic heterocycles. The molecular weight excluding hydrogens is 46.8 g/mol.